The molecule has 0 fully saturated rings. The van der Waals surface area contributed by atoms with Crippen LogP contribution in [0.25, 0.3) is 0 Å². The molecule has 0 bridgehead atoms. The van der Waals surface area contributed by atoms with Crippen LogP contribution in [0.15, 0.2) is 34.8 Å². The molecule has 3 nitrogen and oxygen atoms in total. The summed E-state index contributed by atoms with van der Waals surface area (Å²) in [5.74, 6) is -4.16. The fourth-order valence-corrected chi connectivity index (χ4v) is 2.32. The quantitative estimate of drug-likeness (QED) is 0.539. The summed E-state index contributed by atoms with van der Waals surface area (Å²) in [5, 5.41) is 9.65. The molecule has 2 rings (SSSR count). The van der Waals surface area contributed by atoms with Gasteiger partial charge in [-0.05, 0) is 39.7 Å². The SMILES string of the molecule is Cl.N[C@@H](c1ccc(OC(F)(F)F)cc1)c1cc(Br)c(F)c(F)c1O. The first-order valence-corrected chi connectivity index (χ1v) is 6.87. The summed E-state index contributed by atoms with van der Waals surface area (Å²) in [6.07, 6.45) is -4.83. The summed E-state index contributed by atoms with van der Waals surface area (Å²) >= 11 is 2.79. The lowest BCUT2D eigenvalue weighted by atomic mass is 9.98. The Bertz CT molecular complexity index is 725. The van der Waals surface area contributed by atoms with Crippen molar-refractivity contribution in [1.29, 1.82) is 0 Å². The number of rotatable bonds is 3. The molecular weight excluding hydrogens is 425 g/mol. The van der Waals surface area contributed by atoms with E-state index >= 15 is 0 Å². The third kappa shape index (κ3) is 4.49. The van der Waals surface area contributed by atoms with Crippen molar-refractivity contribution in [2.75, 3.05) is 0 Å². The van der Waals surface area contributed by atoms with E-state index in [0.717, 1.165) is 18.2 Å². The minimum absolute atomic E-state index is 0. The topological polar surface area (TPSA) is 55.5 Å². The predicted molar refractivity (Wildman–Crippen MR) is 82.1 cm³/mol. The Morgan fingerprint density at radius 2 is 1.62 bits per heavy atom. The van der Waals surface area contributed by atoms with Gasteiger partial charge in [-0.25, -0.2) is 4.39 Å². The maximum absolute atomic E-state index is 13.5. The van der Waals surface area contributed by atoms with Crippen LogP contribution in [0.5, 0.6) is 11.5 Å². The Morgan fingerprint density at radius 3 is 2.12 bits per heavy atom. The molecular formula is C14H10BrClF5NO2. The summed E-state index contributed by atoms with van der Waals surface area (Å²) in [7, 11) is 0. The van der Waals surface area contributed by atoms with Crippen LogP contribution in [-0.2, 0) is 0 Å². The standard InChI is InChI=1S/C14H9BrF5NO2.ClH/c15-9-5-8(13(22)11(17)10(9)16)12(21)6-1-3-7(4-2-6)23-14(18,19)20;/h1-5,12,22H,21H2;1H/t12-;/m0./s1. The molecule has 0 radical (unpaired) electrons. The van der Waals surface area contributed by atoms with E-state index in [1.807, 2.05) is 0 Å². The third-order valence-corrected chi connectivity index (χ3v) is 3.55. The normalized spacial score (nSPS) is 12.5. The maximum Gasteiger partial charge on any atom is 0.573 e. The van der Waals surface area contributed by atoms with Gasteiger partial charge in [0.2, 0.25) is 5.82 Å². The van der Waals surface area contributed by atoms with Gasteiger partial charge in [0.1, 0.15) is 5.75 Å². The lowest BCUT2D eigenvalue weighted by Crippen LogP contribution is -2.17. The summed E-state index contributed by atoms with van der Waals surface area (Å²) in [6.45, 7) is 0. The minimum Gasteiger partial charge on any atom is -0.505 e. The maximum atomic E-state index is 13.5. The molecule has 0 heterocycles. The first kappa shape index (κ1) is 20.5. The van der Waals surface area contributed by atoms with E-state index in [1.54, 1.807) is 0 Å². The van der Waals surface area contributed by atoms with E-state index in [0.29, 0.717) is 0 Å². The molecule has 132 valence electrons. The van der Waals surface area contributed by atoms with Crippen molar-refractivity contribution in [3.05, 3.63) is 57.6 Å². The van der Waals surface area contributed by atoms with Crippen LogP contribution in [-0.4, -0.2) is 11.5 Å². The fraction of sp³-hybridized carbons (Fsp3) is 0.143. The Labute approximate surface area is 147 Å². The van der Waals surface area contributed by atoms with Crippen LogP contribution in [0, 0.1) is 11.6 Å². The molecule has 24 heavy (non-hydrogen) atoms. The van der Waals surface area contributed by atoms with Crippen LogP contribution in [0.4, 0.5) is 22.0 Å². The highest BCUT2D eigenvalue weighted by Crippen LogP contribution is 2.35. The molecule has 0 aromatic heterocycles. The van der Waals surface area contributed by atoms with Gasteiger partial charge in [-0.3, -0.25) is 0 Å². The molecule has 2 aromatic rings. The summed E-state index contributed by atoms with van der Waals surface area (Å²) in [6, 6.07) is 4.50. The number of phenols is 1. The van der Waals surface area contributed by atoms with Crippen molar-refractivity contribution in [1.82, 2.24) is 0 Å². The van der Waals surface area contributed by atoms with Crippen molar-refractivity contribution in [3.8, 4) is 11.5 Å². The van der Waals surface area contributed by atoms with E-state index in [9.17, 15) is 27.1 Å². The van der Waals surface area contributed by atoms with Crippen LogP contribution in [0.2, 0.25) is 0 Å². The average Bonchev–Trinajstić information content (AvgIpc) is 2.47. The second kappa shape index (κ2) is 7.54. The van der Waals surface area contributed by atoms with Gasteiger partial charge in [-0.2, -0.15) is 4.39 Å². The van der Waals surface area contributed by atoms with Crippen molar-refractivity contribution in [3.63, 3.8) is 0 Å². The van der Waals surface area contributed by atoms with Gasteiger partial charge in [0.15, 0.2) is 11.6 Å². The first-order valence-electron chi connectivity index (χ1n) is 6.08. The van der Waals surface area contributed by atoms with Crippen LogP contribution < -0.4 is 10.5 Å². The van der Waals surface area contributed by atoms with Crippen molar-refractivity contribution in [2.45, 2.75) is 12.4 Å². The fourth-order valence-electron chi connectivity index (χ4n) is 1.90. The minimum atomic E-state index is -4.83. The molecule has 0 amide bonds. The Hall–Kier alpha value is -1.58. The average molecular weight is 435 g/mol. The number of alkyl halides is 3. The van der Waals surface area contributed by atoms with Crippen molar-refractivity contribution < 1.29 is 31.8 Å². The molecule has 0 aliphatic heterocycles. The Morgan fingerprint density at radius 1 is 1.08 bits per heavy atom. The highest BCUT2D eigenvalue weighted by atomic mass is 79.9. The summed E-state index contributed by atoms with van der Waals surface area (Å²) in [5.41, 5.74) is 6.00. The number of ether oxygens (including phenoxy) is 1. The van der Waals surface area contributed by atoms with Crippen LogP contribution in [0.3, 0.4) is 0 Å². The van der Waals surface area contributed by atoms with Crippen molar-refractivity contribution in [2.24, 2.45) is 5.73 Å². The van der Waals surface area contributed by atoms with Crippen LogP contribution in [0.1, 0.15) is 17.2 Å². The number of aromatic hydroxyl groups is 1. The number of benzene rings is 2. The smallest absolute Gasteiger partial charge is 0.505 e. The predicted octanol–water partition coefficient (Wildman–Crippen LogP) is 4.80. The van der Waals surface area contributed by atoms with Crippen molar-refractivity contribution >= 4 is 28.3 Å². The second-order valence-electron chi connectivity index (χ2n) is 4.52. The monoisotopic (exact) mass is 433 g/mol. The summed E-state index contributed by atoms with van der Waals surface area (Å²) < 4.78 is 66.5. The zero-order chi connectivity index (χ0) is 17.4. The van der Waals surface area contributed by atoms with Crippen LogP contribution >= 0.6 is 28.3 Å². The first-order chi connectivity index (χ1) is 10.6. The van der Waals surface area contributed by atoms with E-state index in [-0.39, 0.29) is 28.0 Å². The van der Waals surface area contributed by atoms with E-state index in [2.05, 4.69) is 20.7 Å². The van der Waals surface area contributed by atoms with Gasteiger partial charge in [0.05, 0.1) is 10.5 Å². The lowest BCUT2D eigenvalue weighted by molar-refractivity contribution is -0.274. The zero-order valence-corrected chi connectivity index (χ0v) is 14.0. The number of halogens is 7. The molecule has 0 saturated carbocycles. The largest absolute Gasteiger partial charge is 0.573 e. The highest BCUT2D eigenvalue weighted by molar-refractivity contribution is 9.10. The molecule has 0 aliphatic rings. The molecule has 10 heteroatoms. The molecule has 1 atom stereocenters. The van der Waals surface area contributed by atoms with E-state index in [1.165, 1.54) is 12.1 Å². The number of hydrogen-bond donors (Lipinski definition) is 2. The number of hydrogen-bond acceptors (Lipinski definition) is 3. The summed E-state index contributed by atoms with van der Waals surface area (Å²) in [4.78, 5) is 0. The molecule has 0 aliphatic carbocycles. The Kier molecular flexibility index (Phi) is 6.43. The number of phenolic OH excluding ortho intramolecular Hbond substituents is 1. The molecule has 0 spiro atoms. The number of nitrogens with two attached hydrogens (primary N) is 1. The van der Waals surface area contributed by atoms with Gasteiger partial charge in [0, 0.05) is 5.56 Å². The van der Waals surface area contributed by atoms with Gasteiger partial charge in [0.25, 0.3) is 0 Å². The van der Waals surface area contributed by atoms with Gasteiger partial charge in [-0.1, -0.05) is 12.1 Å². The zero-order valence-electron chi connectivity index (χ0n) is 11.6. The molecule has 0 saturated heterocycles. The molecule has 3 N–H and O–H groups in total. The second-order valence-corrected chi connectivity index (χ2v) is 5.37. The lowest BCUT2D eigenvalue weighted by Gasteiger charge is -2.16. The molecule has 2 aromatic carbocycles. The van der Waals surface area contributed by atoms with E-state index < -0.39 is 35.5 Å². The van der Waals surface area contributed by atoms with Gasteiger partial charge < -0.3 is 15.6 Å². The van der Waals surface area contributed by atoms with Gasteiger partial charge in [-0.15, -0.1) is 25.6 Å². The highest BCUT2D eigenvalue weighted by Gasteiger charge is 2.31. The Balaban J connectivity index is 0.00000288. The molecule has 0 unspecified atom stereocenters. The van der Waals surface area contributed by atoms with Gasteiger partial charge >= 0.3 is 6.36 Å². The third-order valence-electron chi connectivity index (χ3n) is 2.97. The van der Waals surface area contributed by atoms with E-state index in [4.69, 9.17) is 5.73 Å².